The van der Waals surface area contributed by atoms with Crippen molar-refractivity contribution in [2.24, 2.45) is 4.99 Å². The van der Waals surface area contributed by atoms with Crippen molar-refractivity contribution in [3.63, 3.8) is 0 Å². The molecule has 0 saturated heterocycles. The highest BCUT2D eigenvalue weighted by Gasteiger charge is 2.09. The Hall–Kier alpha value is -2.60. The molecule has 1 aromatic heterocycles. The lowest BCUT2D eigenvalue weighted by Crippen LogP contribution is -2.41. The molecule has 0 aliphatic rings. The van der Waals surface area contributed by atoms with Crippen LogP contribution < -0.4 is 9.98 Å². The van der Waals surface area contributed by atoms with Crippen molar-refractivity contribution in [1.29, 1.82) is 0 Å². The minimum absolute atomic E-state index is 0.138. The van der Waals surface area contributed by atoms with Crippen molar-refractivity contribution in [3.8, 4) is 0 Å². The zero-order valence-electron chi connectivity index (χ0n) is 13.2. The number of hydrogen-bond acceptors (Lipinski definition) is 4. The molecule has 6 heteroatoms. The van der Waals surface area contributed by atoms with E-state index in [0.29, 0.717) is 13.0 Å². The number of ether oxygens (including phenoxy) is 1. The molecule has 122 valence electrons. The summed E-state index contributed by atoms with van der Waals surface area (Å²) in [6.07, 6.45) is 12.1. The van der Waals surface area contributed by atoms with Gasteiger partial charge in [-0.15, -0.1) is 13.2 Å². The molecule has 6 nitrogen and oxygen atoms in total. The minimum atomic E-state index is -0.661. The lowest BCUT2D eigenvalue weighted by atomic mass is 10.3. The predicted molar refractivity (Wildman–Crippen MR) is 89.7 cm³/mol. The first kappa shape index (κ1) is 18.4. The third kappa shape index (κ3) is 7.82. The average molecular weight is 316 g/mol. The van der Waals surface area contributed by atoms with E-state index < -0.39 is 6.10 Å². The lowest BCUT2D eigenvalue weighted by molar-refractivity contribution is -0.706. The van der Waals surface area contributed by atoms with Crippen LogP contribution >= 0.6 is 0 Å². The van der Waals surface area contributed by atoms with Gasteiger partial charge in [-0.1, -0.05) is 17.1 Å². The van der Waals surface area contributed by atoms with Crippen molar-refractivity contribution >= 4 is 12.6 Å². The van der Waals surface area contributed by atoms with E-state index in [9.17, 15) is 5.11 Å². The van der Waals surface area contributed by atoms with E-state index in [1.54, 1.807) is 29.1 Å². The van der Waals surface area contributed by atoms with Gasteiger partial charge >= 0.3 is 0 Å². The highest BCUT2D eigenvalue weighted by molar-refractivity contribution is 5.67. The number of aliphatic imine (C=N–C) groups is 1. The molecule has 1 heterocycles. The fraction of sp³-hybridized carbons (Fsp3) is 0.294. The summed E-state index contributed by atoms with van der Waals surface area (Å²) >= 11 is 0. The van der Waals surface area contributed by atoms with Gasteiger partial charge < -0.3 is 9.84 Å². The molecule has 0 saturated carbocycles. The molecule has 0 aliphatic heterocycles. The Balaban J connectivity index is 2.40. The van der Waals surface area contributed by atoms with Crippen LogP contribution in [0.2, 0.25) is 0 Å². The minimum Gasteiger partial charge on any atom is -0.480 e. The number of aliphatic hydroxyl groups excluding tert-OH is 1. The first-order chi connectivity index (χ1) is 11.2. The lowest BCUT2D eigenvalue weighted by Gasteiger charge is -2.08. The molecule has 0 amide bonds. The van der Waals surface area contributed by atoms with Crippen LogP contribution in [0.15, 0.2) is 60.7 Å². The number of aromatic nitrogens is 2. The van der Waals surface area contributed by atoms with Gasteiger partial charge in [-0.05, 0) is 0 Å². The van der Waals surface area contributed by atoms with E-state index in [0.717, 1.165) is 17.8 Å². The molecule has 3 N–H and O–H groups in total. The maximum Gasteiger partial charge on any atom is 0.286 e. The standard InChI is InChI=1S/C17H23N4O2/c1-3-5-15(7-9-18)20-14-23-12-17(22)11-21-10-8-16(6-4-2)19-13-21/h3-4,7-10,13-14,17-18,22H,1-2,5-6,11-12H2/q+1/p+1/b15-7-,18-9?,20-14?. The van der Waals surface area contributed by atoms with Gasteiger partial charge in [-0.25, -0.2) is 9.56 Å². The molecule has 0 aromatic carbocycles. The normalized spacial score (nSPS) is 12.8. The summed E-state index contributed by atoms with van der Waals surface area (Å²) in [5, 5.41) is 15.3. The Morgan fingerprint density at radius 1 is 1.48 bits per heavy atom. The Labute approximate surface area is 136 Å². The molecule has 1 unspecified atom stereocenters. The van der Waals surface area contributed by atoms with Crippen LogP contribution in [0, 0.1) is 0 Å². The molecule has 0 spiro atoms. The highest BCUT2D eigenvalue weighted by Crippen LogP contribution is 2.01. The van der Waals surface area contributed by atoms with Crippen molar-refractivity contribution in [2.45, 2.75) is 25.5 Å². The average Bonchev–Trinajstić information content (AvgIpc) is 2.54. The van der Waals surface area contributed by atoms with E-state index in [-0.39, 0.29) is 6.61 Å². The van der Waals surface area contributed by atoms with Gasteiger partial charge in [-0.2, -0.15) is 0 Å². The summed E-state index contributed by atoms with van der Waals surface area (Å²) in [6.45, 7) is 7.84. The molecule has 0 radical (unpaired) electrons. The summed E-state index contributed by atoms with van der Waals surface area (Å²) in [5.74, 6) is 0. The Bertz CT molecular complexity index is 564. The van der Waals surface area contributed by atoms with Crippen LogP contribution in [0.3, 0.4) is 0 Å². The fourth-order valence-electron chi connectivity index (χ4n) is 1.77. The Morgan fingerprint density at radius 2 is 2.30 bits per heavy atom. The number of rotatable bonds is 11. The number of allylic oxidation sites excluding steroid dienone is 3. The molecule has 0 bridgehead atoms. The van der Waals surface area contributed by atoms with Crippen LogP contribution in [-0.2, 0) is 17.7 Å². The SMILES string of the molecule is C=CC/C(=C/C=[NH2+])N=COCC(O)C[n+]1ccc(CC=C)nc1. The zero-order valence-corrected chi connectivity index (χ0v) is 13.2. The van der Waals surface area contributed by atoms with Gasteiger partial charge in [-0.3, -0.25) is 5.41 Å². The Morgan fingerprint density at radius 3 is 2.91 bits per heavy atom. The second-order valence-corrected chi connectivity index (χ2v) is 4.81. The molecule has 0 aliphatic carbocycles. The second-order valence-electron chi connectivity index (χ2n) is 4.81. The molecular formula is C17H24N4O2+2. The molecule has 1 rings (SSSR count). The number of nitrogens with zero attached hydrogens (tertiary/aromatic N) is 3. The third-order valence-corrected chi connectivity index (χ3v) is 2.83. The Kier molecular flexibility index (Phi) is 8.85. The van der Waals surface area contributed by atoms with Crippen LogP contribution in [0.1, 0.15) is 12.1 Å². The van der Waals surface area contributed by atoms with Gasteiger partial charge in [0.2, 0.25) is 0 Å². The van der Waals surface area contributed by atoms with E-state index >= 15 is 0 Å². The number of nitrogens with two attached hydrogens (primary N) is 1. The van der Waals surface area contributed by atoms with Crippen LogP contribution in [0.4, 0.5) is 0 Å². The highest BCUT2D eigenvalue weighted by atomic mass is 16.5. The van der Waals surface area contributed by atoms with E-state index in [1.165, 1.54) is 12.6 Å². The van der Waals surface area contributed by atoms with Gasteiger partial charge in [0.05, 0.1) is 11.9 Å². The van der Waals surface area contributed by atoms with Crippen molar-refractivity contribution < 1.29 is 19.8 Å². The van der Waals surface area contributed by atoms with Gasteiger partial charge in [0.15, 0.2) is 18.3 Å². The maximum absolute atomic E-state index is 9.94. The van der Waals surface area contributed by atoms with E-state index in [2.05, 4.69) is 23.1 Å². The van der Waals surface area contributed by atoms with Crippen molar-refractivity contribution in [2.75, 3.05) is 6.61 Å². The van der Waals surface area contributed by atoms with Gasteiger partial charge in [0.1, 0.15) is 19.3 Å². The summed E-state index contributed by atoms with van der Waals surface area (Å²) in [7, 11) is 0. The predicted octanol–water partition coefficient (Wildman–Crippen LogP) is -0.207. The molecule has 23 heavy (non-hydrogen) atoms. The smallest absolute Gasteiger partial charge is 0.286 e. The largest absolute Gasteiger partial charge is 0.480 e. The molecular weight excluding hydrogens is 292 g/mol. The van der Waals surface area contributed by atoms with Crippen LogP contribution in [0.5, 0.6) is 0 Å². The molecule has 0 fully saturated rings. The summed E-state index contributed by atoms with van der Waals surface area (Å²) in [4.78, 5) is 8.37. The van der Waals surface area contributed by atoms with E-state index in [1.807, 2.05) is 12.3 Å². The van der Waals surface area contributed by atoms with Crippen molar-refractivity contribution in [3.05, 3.63) is 61.4 Å². The zero-order chi connectivity index (χ0) is 16.9. The first-order valence-corrected chi connectivity index (χ1v) is 7.31. The maximum atomic E-state index is 9.94. The van der Waals surface area contributed by atoms with Crippen LogP contribution in [-0.4, -0.2) is 35.4 Å². The first-order valence-electron chi connectivity index (χ1n) is 7.31. The van der Waals surface area contributed by atoms with Gasteiger partial charge in [0.25, 0.3) is 6.33 Å². The van der Waals surface area contributed by atoms with Gasteiger partial charge in [0, 0.05) is 25.0 Å². The summed E-state index contributed by atoms with van der Waals surface area (Å²) in [6, 6.07) is 1.90. The molecule has 1 aromatic rings. The topological polar surface area (TPSA) is 84.2 Å². The second kappa shape index (κ2) is 11.0. The summed E-state index contributed by atoms with van der Waals surface area (Å²) in [5.41, 5.74) is 1.67. The summed E-state index contributed by atoms with van der Waals surface area (Å²) < 4.78 is 7.03. The monoisotopic (exact) mass is 316 g/mol. The number of hydrogen-bond donors (Lipinski definition) is 2. The number of aliphatic hydroxyl groups is 1. The molecule has 1 atom stereocenters. The quantitative estimate of drug-likeness (QED) is 0.256. The van der Waals surface area contributed by atoms with Crippen molar-refractivity contribution in [1.82, 2.24) is 4.98 Å². The fourth-order valence-corrected chi connectivity index (χ4v) is 1.77. The third-order valence-electron chi connectivity index (χ3n) is 2.83. The van der Waals surface area contributed by atoms with E-state index in [4.69, 9.17) is 10.1 Å². The van der Waals surface area contributed by atoms with Crippen LogP contribution in [0.25, 0.3) is 0 Å².